The Labute approximate surface area is 143 Å². The summed E-state index contributed by atoms with van der Waals surface area (Å²) in [5, 5.41) is 7.36. The van der Waals surface area contributed by atoms with Crippen LogP contribution in [0.15, 0.2) is 48.5 Å². The molecule has 2 aromatic carbocycles. The van der Waals surface area contributed by atoms with E-state index in [0.717, 1.165) is 24.3 Å². The lowest BCUT2D eigenvalue weighted by molar-refractivity contribution is 0.342. The predicted octanol–water partition coefficient (Wildman–Crippen LogP) is 4.45. The van der Waals surface area contributed by atoms with E-state index in [2.05, 4.69) is 34.9 Å². The van der Waals surface area contributed by atoms with Gasteiger partial charge in [0.1, 0.15) is 5.75 Å². The molecule has 0 saturated carbocycles. The fraction of sp³-hybridized carbons (Fsp3) is 0.316. The molecule has 2 N–H and O–H groups in total. The highest BCUT2D eigenvalue weighted by molar-refractivity contribution is 7.80. The molecule has 2 aromatic rings. The van der Waals surface area contributed by atoms with Gasteiger partial charge in [-0.1, -0.05) is 36.4 Å². The van der Waals surface area contributed by atoms with Gasteiger partial charge in [-0.25, -0.2) is 0 Å². The van der Waals surface area contributed by atoms with Crippen LogP contribution in [0.2, 0.25) is 0 Å². The lowest BCUT2D eigenvalue weighted by atomic mass is 9.88. The van der Waals surface area contributed by atoms with E-state index < -0.39 is 0 Å². The van der Waals surface area contributed by atoms with Crippen LogP contribution < -0.4 is 15.4 Å². The molecule has 4 heteroatoms. The van der Waals surface area contributed by atoms with Gasteiger partial charge in [-0.3, -0.25) is 0 Å². The quantitative estimate of drug-likeness (QED) is 0.813. The topological polar surface area (TPSA) is 33.3 Å². The van der Waals surface area contributed by atoms with E-state index in [-0.39, 0.29) is 6.04 Å². The first kappa shape index (κ1) is 15.8. The maximum absolute atomic E-state index is 5.63. The van der Waals surface area contributed by atoms with Crippen molar-refractivity contribution in [3.8, 4) is 5.75 Å². The zero-order valence-corrected chi connectivity index (χ0v) is 14.2. The number of aryl methyl sites for hydroxylation is 1. The van der Waals surface area contributed by atoms with Crippen LogP contribution in [0.5, 0.6) is 5.75 Å². The van der Waals surface area contributed by atoms with Crippen molar-refractivity contribution in [1.29, 1.82) is 0 Å². The van der Waals surface area contributed by atoms with Crippen molar-refractivity contribution >= 4 is 23.0 Å². The molecule has 1 aliphatic rings. The Bertz CT molecular complexity index is 687. The highest BCUT2D eigenvalue weighted by Gasteiger charge is 2.20. The van der Waals surface area contributed by atoms with Crippen molar-refractivity contribution < 1.29 is 4.74 Å². The largest absolute Gasteiger partial charge is 0.492 e. The lowest BCUT2D eigenvalue weighted by Crippen LogP contribution is -2.34. The first-order valence-corrected chi connectivity index (χ1v) is 8.56. The maximum Gasteiger partial charge on any atom is 0.171 e. The molecule has 0 radical (unpaired) electrons. The summed E-state index contributed by atoms with van der Waals surface area (Å²) in [6.45, 7) is 2.61. The van der Waals surface area contributed by atoms with Crippen LogP contribution in [0.4, 0.5) is 5.69 Å². The van der Waals surface area contributed by atoms with Crippen LogP contribution in [0, 0.1) is 0 Å². The van der Waals surface area contributed by atoms with Gasteiger partial charge in [0.15, 0.2) is 5.11 Å². The smallest absolute Gasteiger partial charge is 0.171 e. The highest BCUT2D eigenvalue weighted by Crippen LogP contribution is 2.30. The number of anilines is 1. The molecule has 0 heterocycles. The standard InChI is InChI=1S/C19H22N2OS/c1-2-22-18-13-6-5-11-17(18)21-19(23)20-16-12-7-9-14-8-3-4-10-15(14)16/h3-6,8,10-11,13,16H,2,7,9,12H2,1H3,(H2,20,21,23). The van der Waals surface area contributed by atoms with Crippen LogP contribution >= 0.6 is 12.2 Å². The average Bonchev–Trinajstić information content (AvgIpc) is 2.57. The molecule has 1 unspecified atom stereocenters. The number of nitrogens with one attached hydrogen (secondary N) is 2. The molecule has 0 aliphatic heterocycles. The summed E-state index contributed by atoms with van der Waals surface area (Å²) in [5.74, 6) is 0.822. The Kier molecular flexibility index (Phi) is 5.13. The van der Waals surface area contributed by atoms with E-state index in [0.29, 0.717) is 11.7 Å². The first-order valence-electron chi connectivity index (χ1n) is 8.15. The molecule has 3 rings (SSSR count). The number of thiocarbonyl (C=S) groups is 1. The van der Waals surface area contributed by atoms with Crippen LogP contribution in [0.3, 0.4) is 0 Å². The molecule has 1 aliphatic carbocycles. The van der Waals surface area contributed by atoms with Crippen molar-refractivity contribution in [2.45, 2.75) is 32.2 Å². The molecule has 0 amide bonds. The maximum atomic E-state index is 5.63. The fourth-order valence-electron chi connectivity index (χ4n) is 3.07. The molecular formula is C19H22N2OS. The lowest BCUT2D eigenvalue weighted by Gasteiger charge is -2.27. The molecule has 0 fully saturated rings. The van der Waals surface area contributed by atoms with Gasteiger partial charge in [-0.05, 0) is 61.7 Å². The van der Waals surface area contributed by atoms with Crippen molar-refractivity contribution in [3.63, 3.8) is 0 Å². The fourth-order valence-corrected chi connectivity index (χ4v) is 3.32. The van der Waals surface area contributed by atoms with Gasteiger partial charge in [-0.15, -0.1) is 0 Å². The van der Waals surface area contributed by atoms with Gasteiger partial charge >= 0.3 is 0 Å². The zero-order chi connectivity index (χ0) is 16.1. The van der Waals surface area contributed by atoms with Crippen LogP contribution in [0.1, 0.15) is 36.9 Å². The Morgan fingerprint density at radius 2 is 1.96 bits per heavy atom. The summed E-state index contributed by atoms with van der Waals surface area (Å²) in [7, 11) is 0. The zero-order valence-electron chi connectivity index (χ0n) is 13.3. The van der Waals surface area contributed by atoms with E-state index in [1.165, 1.54) is 17.5 Å². The number of fused-ring (bicyclic) bond motifs is 1. The van der Waals surface area contributed by atoms with Gasteiger partial charge in [-0.2, -0.15) is 0 Å². The summed E-state index contributed by atoms with van der Waals surface area (Å²) in [6, 6.07) is 16.8. The second-order valence-electron chi connectivity index (χ2n) is 5.67. The number of para-hydroxylation sites is 2. The number of hydrogen-bond donors (Lipinski definition) is 2. The van der Waals surface area contributed by atoms with Crippen LogP contribution in [-0.2, 0) is 6.42 Å². The predicted molar refractivity (Wildman–Crippen MR) is 99.1 cm³/mol. The SMILES string of the molecule is CCOc1ccccc1NC(=S)NC1CCCc2ccccc21. The Morgan fingerprint density at radius 1 is 1.17 bits per heavy atom. The van der Waals surface area contributed by atoms with Gasteiger partial charge in [0.25, 0.3) is 0 Å². The third-order valence-corrected chi connectivity index (χ3v) is 4.33. The minimum atomic E-state index is 0.277. The highest BCUT2D eigenvalue weighted by atomic mass is 32.1. The Hall–Kier alpha value is -2.07. The molecule has 0 bridgehead atoms. The van der Waals surface area contributed by atoms with Gasteiger partial charge < -0.3 is 15.4 Å². The third-order valence-electron chi connectivity index (χ3n) is 4.11. The van der Waals surface area contributed by atoms with Crippen molar-refractivity contribution in [1.82, 2.24) is 5.32 Å². The first-order chi connectivity index (χ1) is 11.3. The monoisotopic (exact) mass is 326 g/mol. The minimum Gasteiger partial charge on any atom is -0.492 e. The van der Waals surface area contributed by atoms with Gasteiger partial charge in [0.2, 0.25) is 0 Å². The molecule has 0 saturated heterocycles. The van der Waals surface area contributed by atoms with Crippen molar-refractivity contribution in [2.24, 2.45) is 0 Å². The van der Waals surface area contributed by atoms with Crippen molar-refractivity contribution in [3.05, 3.63) is 59.7 Å². The summed E-state index contributed by atoms with van der Waals surface area (Å²) in [6.07, 6.45) is 3.44. The normalized spacial score (nSPS) is 16.3. The molecule has 120 valence electrons. The van der Waals surface area contributed by atoms with Crippen LogP contribution in [0.25, 0.3) is 0 Å². The molecule has 0 spiro atoms. The minimum absolute atomic E-state index is 0.277. The second kappa shape index (κ2) is 7.47. The molecule has 3 nitrogen and oxygen atoms in total. The van der Waals surface area contributed by atoms with E-state index in [1.807, 2.05) is 31.2 Å². The van der Waals surface area contributed by atoms with Crippen molar-refractivity contribution in [2.75, 3.05) is 11.9 Å². The van der Waals surface area contributed by atoms with E-state index in [1.54, 1.807) is 0 Å². The summed E-state index contributed by atoms with van der Waals surface area (Å²) in [4.78, 5) is 0. The van der Waals surface area contributed by atoms with E-state index in [9.17, 15) is 0 Å². The second-order valence-corrected chi connectivity index (χ2v) is 6.08. The summed E-state index contributed by atoms with van der Waals surface area (Å²) >= 11 is 5.51. The summed E-state index contributed by atoms with van der Waals surface area (Å²) < 4.78 is 5.63. The molecule has 0 aromatic heterocycles. The summed E-state index contributed by atoms with van der Waals surface area (Å²) in [5.41, 5.74) is 3.69. The average molecular weight is 326 g/mol. The third kappa shape index (κ3) is 3.82. The Balaban J connectivity index is 1.69. The number of rotatable bonds is 4. The van der Waals surface area contributed by atoms with E-state index >= 15 is 0 Å². The Morgan fingerprint density at radius 3 is 2.83 bits per heavy atom. The van der Waals surface area contributed by atoms with Crippen LogP contribution in [-0.4, -0.2) is 11.7 Å². The van der Waals surface area contributed by atoms with Gasteiger partial charge in [0, 0.05) is 0 Å². The number of ether oxygens (including phenoxy) is 1. The molecular weight excluding hydrogens is 304 g/mol. The molecule has 1 atom stereocenters. The molecule has 23 heavy (non-hydrogen) atoms. The van der Waals surface area contributed by atoms with E-state index in [4.69, 9.17) is 17.0 Å². The number of hydrogen-bond acceptors (Lipinski definition) is 2. The number of benzene rings is 2. The van der Waals surface area contributed by atoms with Gasteiger partial charge in [0.05, 0.1) is 18.3 Å².